The van der Waals surface area contributed by atoms with Crippen molar-refractivity contribution in [2.75, 3.05) is 7.05 Å². The number of carbonyl (C=O) groups excluding carboxylic acids is 1. The van der Waals surface area contributed by atoms with E-state index in [4.69, 9.17) is 11.6 Å². The standard InChI is InChI=1S/C22H17ClF8N6O/c1-32-10-19(5-6-19)34-17(38)13-7-11(3-4-14(13)23)12-8-33-37(9-12)18-15(21(26,27)28)16(35-36(18)2)20(24,25)22(29,30)31/h3-4,7-10H,5-6H2,1-2H3,(H,34,38)/b32-10-. The lowest BCUT2D eigenvalue weighted by Crippen LogP contribution is -2.38. The van der Waals surface area contributed by atoms with E-state index in [0.29, 0.717) is 17.5 Å². The summed E-state index contributed by atoms with van der Waals surface area (Å²) >= 11 is 6.17. The molecule has 0 unspecified atom stereocenters. The molecule has 2 aromatic heterocycles. The molecule has 1 aromatic carbocycles. The van der Waals surface area contributed by atoms with Crippen molar-refractivity contribution >= 4 is 23.7 Å². The van der Waals surface area contributed by atoms with Crippen LogP contribution in [0.1, 0.15) is 34.5 Å². The van der Waals surface area contributed by atoms with E-state index in [1.165, 1.54) is 18.2 Å². The zero-order chi connectivity index (χ0) is 28.3. The highest BCUT2D eigenvalue weighted by Gasteiger charge is 2.64. The van der Waals surface area contributed by atoms with Crippen molar-refractivity contribution < 1.29 is 39.9 Å². The number of hydrogen-bond donors (Lipinski definition) is 1. The maximum atomic E-state index is 14.0. The van der Waals surface area contributed by atoms with E-state index < -0.39 is 46.8 Å². The Morgan fingerprint density at radius 1 is 1.13 bits per heavy atom. The Kier molecular flexibility index (Phi) is 6.57. The molecule has 38 heavy (non-hydrogen) atoms. The van der Waals surface area contributed by atoms with E-state index in [1.54, 1.807) is 13.3 Å². The molecule has 1 fully saturated rings. The minimum atomic E-state index is -6.32. The summed E-state index contributed by atoms with van der Waals surface area (Å²) in [6.45, 7) is 0. The summed E-state index contributed by atoms with van der Waals surface area (Å²) in [5.41, 5.74) is -4.97. The number of nitrogens with zero attached hydrogens (tertiary/aromatic N) is 5. The molecule has 7 nitrogen and oxygen atoms in total. The van der Waals surface area contributed by atoms with Gasteiger partial charge in [0.1, 0.15) is 5.56 Å². The van der Waals surface area contributed by atoms with Crippen molar-refractivity contribution in [2.24, 2.45) is 12.0 Å². The fourth-order valence-electron chi connectivity index (χ4n) is 3.82. The lowest BCUT2D eigenvalue weighted by atomic mass is 10.1. The zero-order valence-electron chi connectivity index (χ0n) is 19.4. The molecule has 4 rings (SSSR count). The molecule has 0 saturated heterocycles. The van der Waals surface area contributed by atoms with Gasteiger partial charge in [0.05, 0.1) is 22.3 Å². The van der Waals surface area contributed by atoms with Crippen LogP contribution < -0.4 is 5.32 Å². The fourth-order valence-corrected chi connectivity index (χ4v) is 4.02. The second kappa shape index (κ2) is 9.06. The van der Waals surface area contributed by atoms with Crippen LogP contribution in [-0.2, 0) is 19.1 Å². The van der Waals surface area contributed by atoms with Crippen molar-refractivity contribution in [3.63, 3.8) is 0 Å². The van der Waals surface area contributed by atoms with E-state index in [1.807, 2.05) is 0 Å². The molecule has 204 valence electrons. The van der Waals surface area contributed by atoms with Crippen LogP contribution in [-0.4, -0.2) is 50.4 Å². The Morgan fingerprint density at radius 2 is 1.79 bits per heavy atom. The van der Waals surface area contributed by atoms with Gasteiger partial charge >= 0.3 is 18.3 Å². The summed E-state index contributed by atoms with van der Waals surface area (Å²) < 4.78 is 109. The molecular weight excluding hydrogens is 552 g/mol. The lowest BCUT2D eigenvalue weighted by Gasteiger charge is -2.19. The molecule has 1 saturated carbocycles. The van der Waals surface area contributed by atoms with Gasteiger partial charge in [-0.25, -0.2) is 9.36 Å². The third kappa shape index (κ3) is 4.86. The average Bonchev–Trinajstić information content (AvgIpc) is 3.21. The first-order valence-corrected chi connectivity index (χ1v) is 11.1. The van der Waals surface area contributed by atoms with E-state index in [-0.39, 0.29) is 26.4 Å². The van der Waals surface area contributed by atoms with Gasteiger partial charge in [0.15, 0.2) is 11.5 Å². The Bertz CT molecular complexity index is 1420. The topological polar surface area (TPSA) is 77.1 Å². The van der Waals surface area contributed by atoms with Crippen molar-refractivity contribution in [1.29, 1.82) is 0 Å². The van der Waals surface area contributed by atoms with Crippen LogP contribution >= 0.6 is 11.6 Å². The van der Waals surface area contributed by atoms with Gasteiger partial charge < -0.3 is 5.32 Å². The van der Waals surface area contributed by atoms with E-state index >= 15 is 0 Å². The van der Waals surface area contributed by atoms with Crippen molar-refractivity contribution in [2.45, 2.75) is 36.7 Å². The molecule has 3 aromatic rings. The second-order valence-electron chi connectivity index (χ2n) is 8.61. The number of carbonyl (C=O) groups is 1. The number of amides is 1. The normalized spacial score (nSPS) is 15.8. The highest BCUT2D eigenvalue weighted by molar-refractivity contribution is 6.34. The first-order chi connectivity index (χ1) is 17.5. The monoisotopic (exact) mass is 568 g/mol. The third-order valence-corrected chi connectivity index (χ3v) is 6.15. The molecule has 1 aliphatic rings. The molecule has 0 bridgehead atoms. The van der Waals surface area contributed by atoms with Gasteiger partial charge in [0.2, 0.25) is 0 Å². The van der Waals surface area contributed by atoms with Crippen LogP contribution in [0.15, 0.2) is 35.6 Å². The number of hydrogen-bond acceptors (Lipinski definition) is 4. The first kappa shape index (κ1) is 27.5. The molecular formula is C22H17ClF8N6O. The van der Waals surface area contributed by atoms with Crippen LogP contribution in [0.25, 0.3) is 16.9 Å². The summed E-state index contributed by atoms with van der Waals surface area (Å²) in [6, 6.07) is 4.14. The highest BCUT2D eigenvalue weighted by Crippen LogP contribution is 2.49. The van der Waals surface area contributed by atoms with E-state index in [9.17, 15) is 39.9 Å². The van der Waals surface area contributed by atoms with Crippen LogP contribution in [0.3, 0.4) is 0 Å². The number of rotatable bonds is 6. The molecule has 1 amide bonds. The Balaban J connectivity index is 1.75. The van der Waals surface area contributed by atoms with Gasteiger partial charge in [-0.05, 0) is 30.5 Å². The number of aryl methyl sites for hydroxylation is 1. The van der Waals surface area contributed by atoms with Crippen molar-refractivity contribution in [3.8, 4) is 16.9 Å². The molecule has 2 heterocycles. The van der Waals surface area contributed by atoms with Gasteiger partial charge in [0, 0.05) is 32.1 Å². The minimum absolute atomic E-state index is 0.0383. The summed E-state index contributed by atoms with van der Waals surface area (Å²) in [7, 11) is 2.33. The van der Waals surface area contributed by atoms with Crippen molar-refractivity contribution in [3.05, 3.63) is 52.4 Å². The first-order valence-electron chi connectivity index (χ1n) is 10.7. The highest BCUT2D eigenvalue weighted by atomic mass is 35.5. The predicted molar refractivity (Wildman–Crippen MR) is 120 cm³/mol. The maximum absolute atomic E-state index is 14.0. The van der Waals surface area contributed by atoms with Gasteiger partial charge in [-0.2, -0.15) is 45.3 Å². The number of aromatic nitrogens is 4. The number of benzene rings is 1. The largest absolute Gasteiger partial charge is 0.459 e. The molecule has 0 radical (unpaired) electrons. The van der Waals surface area contributed by atoms with E-state index in [0.717, 1.165) is 19.4 Å². The van der Waals surface area contributed by atoms with Crippen LogP contribution in [0, 0.1) is 0 Å². The molecule has 0 atom stereocenters. The third-order valence-electron chi connectivity index (χ3n) is 5.83. The van der Waals surface area contributed by atoms with Gasteiger partial charge in [-0.3, -0.25) is 9.79 Å². The molecule has 16 heteroatoms. The summed E-state index contributed by atoms with van der Waals surface area (Å²) in [6.07, 6.45) is -7.01. The van der Waals surface area contributed by atoms with Gasteiger partial charge in [-0.1, -0.05) is 17.7 Å². The quantitative estimate of drug-likeness (QED) is 0.312. The molecule has 1 N–H and O–H groups in total. The zero-order valence-corrected chi connectivity index (χ0v) is 20.2. The van der Waals surface area contributed by atoms with Crippen LogP contribution in [0.4, 0.5) is 35.1 Å². The number of aliphatic imine (C=N–C) groups is 1. The number of halogens is 9. The van der Waals surface area contributed by atoms with E-state index in [2.05, 4.69) is 20.5 Å². The molecule has 0 spiro atoms. The SMILES string of the molecule is C/N=C\C1(NC(=O)c2cc(-c3cnn(-c4c(C(F)(F)F)c(C(F)(F)C(F)(F)F)nn4C)c3)ccc2Cl)CC1. The molecule has 1 aliphatic carbocycles. The fraction of sp³-hybridized carbons (Fsp3) is 0.364. The predicted octanol–water partition coefficient (Wildman–Crippen LogP) is 5.56. The number of alkyl halides is 8. The molecule has 0 aliphatic heterocycles. The minimum Gasteiger partial charge on any atom is -0.342 e. The van der Waals surface area contributed by atoms with Crippen molar-refractivity contribution in [1.82, 2.24) is 24.9 Å². The van der Waals surface area contributed by atoms with Gasteiger partial charge in [0.25, 0.3) is 5.91 Å². The summed E-state index contributed by atoms with van der Waals surface area (Å²) in [4.78, 5) is 16.7. The Morgan fingerprint density at radius 3 is 2.34 bits per heavy atom. The van der Waals surface area contributed by atoms with Crippen LogP contribution in [0.2, 0.25) is 5.02 Å². The summed E-state index contributed by atoms with van der Waals surface area (Å²) in [5, 5.41) is 9.47. The smallest absolute Gasteiger partial charge is 0.342 e. The lowest BCUT2D eigenvalue weighted by molar-refractivity contribution is -0.292. The Hall–Kier alpha value is -3.49. The second-order valence-corrected chi connectivity index (χ2v) is 9.01. The average molecular weight is 569 g/mol. The van der Waals surface area contributed by atoms with Crippen LogP contribution in [0.5, 0.6) is 0 Å². The van der Waals surface area contributed by atoms with Gasteiger partial charge in [-0.15, -0.1) is 0 Å². The Labute approximate surface area is 214 Å². The number of nitrogens with one attached hydrogen (secondary N) is 1. The maximum Gasteiger partial charge on any atom is 0.459 e. The summed E-state index contributed by atoms with van der Waals surface area (Å²) in [5.74, 6) is -7.58.